The third kappa shape index (κ3) is 6.90. The van der Waals surface area contributed by atoms with Crippen LogP contribution in [0.4, 0.5) is 0 Å². The number of guanidine groups is 1. The Bertz CT molecular complexity index is 544. The molecule has 136 valence electrons. The summed E-state index contributed by atoms with van der Waals surface area (Å²) < 4.78 is 16.3. The lowest BCUT2D eigenvalue weighted by Gasteiger charge is -2.20. The number of rotatable bonds is 8. The van der Waals surface area contributed by atoms with Crippen LogP contribution < -0.4 is 20.5 Å². The van der Waals surface area contributed by atoms with Gasteiger partial charge in [0.2, 0.25) is 0 Å². The summed E-state index contributed by atoms with van der Waals surface area (Å²) in [7, 11) is 0. The molecule has 0 atom stereocenters. The van der Waals surface area contributed by atoms with Crippen molar-refractivity contribution in [2.45, 2.75) is 19.8 Å². The first-order chi connectivity index (χ1) is 11.2. The molecule has 3 N–H and O–H groups in total. The molecule has 1 aliphatic heterocycles. The van der Waals surface area contributed by atoms with Gasteiger partial charge in [0.25, 0.3) is 0 Å². The highest BCUT2D eigenvalue weighted by atomic mass is 127. The monoisotopic (exact) mass is 469 g/mol. The van der Waals surface area contributed by atoms with Gasteiger partial charge in [0, 0.05) is 26.3 Å². The maximum atomic E-state index is 6.21. The Balaban J connectivity index is 0.00000288. The molecule has 6 nitrogen and oxygen atoms in total. The number of ether oxygens (including phenoxy) is 3. The number of nitrogens with zero attached hydrogens (tertiary/aromatic N) is 1. The van der Waals surface area contributed by atoms with Gasteiger partial charge in [0.1, 0.15) is 13.2 Å². The molecule has 0 aromatic heterocycles. The number of hydrogen-bond acceptors (Lipinski definition) is 4. The number of nitrogens with two attached hydrogens (primary N) is 1. The smallest absolute Gasteiger partial charge is 0.188 e. The predicted octanol–water partition coefficient (Wildman–Crippen LogP) is 2.60. The van der Waals surface area contributed by atoms with E-state index in [1.165, 1.54) is 0 Å². The van der Waals surface area contributed by atoms with Gasteiger partial charge in [0.05, 0.1) is 5.02 Å². The summed E-state index contributed by atoms with van der Waals surface area (Å²) in [6, 6.07) is 3.85. The highest BCUT2D eigenvalue weighted by Crippen LogP contribution is 2.38. The van der Waals surface area contributed by atoms with E-state index >= 15 is 0 Å². The summed E-state index contributed by atoms with van der Waals surface area (Å²) >= 11 is 6.21. The van der Waals surface area contributed by atoms with Crippen molar-refractivity contribution >= 4 is 41.5 Å². The minimum Gasteiger partial charge on any atom is -0.486 e. The SMILES string of the molecule is CCOCCCN=C(N)NCCc1cc(Cl)c2c(c1)OCCO2.I. The van der Waals surface area contributed by atoms with Crippen LogP contribution >= 0.6 is 35.6 Å². The van der Waals surface area contributed by atoms with Crippen molar-refractivity contribution in [1.29, 1.82) is 0 Å². The molecule has 1 aromatic rings. The summed E-state index contributed by atoms with van der Waals surface area (Å²) in [6.07, 6.45) is 1.64. The fraction of sp³-hybridized carbons (Fsp3) is 0.562. The molecule has 0 aliphatic carbocycles. The molecule has 1 aliphatic rings. The molecule has 0 spiro atoms. The van der Waals surface area contributed by atoms with E-state index in [9.17, 15) is 0 Å². The Labute approximate surface area is 165 Å². The number of hydrogen-bond donors (Lipinski definition) is 2. The van der Waals surface area contributed by atoms with Gasteiger partial charge in [-0.3, -0.25) is 4.99 Å². The van der Waals surface area contributed by atoms with E-state index in [2.05, 4.69) is 10.3 Å². The number of aliphatic imine (C=N–C) groups is 1. The van der Waals surface area contributed by atoms with Crippen LogP contribution in [0.25, 0.3) is 0 Å². The van der Waals surface area contributed by atoms with E-state index in [4.69, 9.17) is 31.5 Å². The van der Waals surface area contributed by atoms with Gasteiger partial charge in [-0.2, -0.15) is 0 Å². The van der Waals surface area contributed by atoms with Crippen molar-refractivity contribution in [1.82, 2.24) is 5.32 Å². The largest absolute Gasteiger partial charge is 0.486 e. The molecule has 0 radical (unpaired) electrons. The van der Waals surface area contributed by atoms with E-state index in [1.54, 1.807) is 0 Å². The molecule has 2 rings (SSSR count). The van der Waals surface area contributed by atoms with E-state index in [-0.39, 0.29) is 24.0 Å². The van der Waals surface area contributed by atoms with Crippen molar-refractivity contribution in [3.63, 3.8) is 0 Å². The molecule has 1 heterocycles. The number of fused-ring (bicyclic) bond motifs is 1. The van der Waals surface area contributed by atoms with Gasteiger partial charge in [-0.25, -0.2) is 0 Å². The van der Waals surface area contributed by atoms with Gasteiger partial charge >= 0.3 is 0 Å². The van der Waals surface area contributed by atoms with E-state index in [0.717, 1.165) is 25.0 Å². The van der Waals surface area contributed by atoms with Gasteiger partial charge in [0.15, 0.2) is 17.5 Å². The zero-order chi connectivity index (χ0) is 16.5. The third-order valence-electron chi connectivity index (χ3n) is 3.31. The summed E-state index contributed by atoms with van der Waals surface area (Å²) in [5.41, 5.74) is 6.89. The summed E-state index contributed by atoms with van der Waals surface area (Å²) in [6.45, 7) is 5.84. The Morgan fingerprint density at radius 3 is 2.96 bits per heavy atom. The molecule has 0 saturated heterocycles. The Morgan fingerprint density at radius 2 is 2.17 bits per heavy atom. The lowest BCUT2D eigenvalue weighted by atomic mass is 10.1. The standard InChI is InChI=1S/C16H24ClN3O3.HI/c1-2-21-7-3-5-19-16(18)20-6-4-12-10-13(17)15-14(11-12)22-8-9-23-15;/h10-11H,2-9H2,1H3,(H3,18,19,20);1H. The third-order valence-corrected chi connectivity index (χ3v) is 3.59. The van der Waals surface area contributed by atoms with Crippen LogP contribution in [0.2, 0.25) is 5.02 Å². The van der Waals surface area contributed by atoms with Crippen LogP contribution in [0.1, 0.15) is 18.9 Å². The van der Waals surface area contributed by atoms with E-state index < -0.39 is 0 Å². The minimum absolute atomic E-state index is 0. The van der Waals surface area contributed by atoms with Crippen LogP contribution in [0.15, 0.2) is 17.1 Å². The number of benzene rings is 1. The predicted molar refractivity (Wildman–Crippen MR) is 107 cm³/mol. The maximum Gasteiger partial charge on any atom is 0.188 e. The highest BCUT2D eigenvalue weighted by molar-refractivity contribution is 14.0. The first-order valence-electron chi connectivity index (χ1n) is 7.90. The van der Waals surface area contributed by atoms with E-state index in [1.807, 2.05) is 19.1 Å². The molecular weight excluding hydrogens is 445 g/mol. The van der Waals surface area contributed by atoms with Crippen molar-refractivity contribution in [2.75, 3.05) is 39.5 Å². The van der Waals surface area contributed by atoms with Crippen LogP contribution in [-0.4, -0.2) is 45.5 Å². The first kappa shape index (κ1) is 21.1. The molecule has 0 unspecified atom stereocenters. The maximum absolute atomic E-state index is 6.21. The molecule has 24 heavy (non-hydrogen) atoms. The van der Waals surface area contributed by atoms with E-state index in [0.29, 0.717) is 55.4 Å². The second-order valence-electron chi connectivity index (χ2n) is 5.10. The van der Waals surface area contributed by atoms with Crippen LogP contribution in [0.5, 0.6) is 11.5 Å². The number of nitrogens with one attached hydrogen (secondary N) is 1. The minimum atomic E-state index is 0. The van der Waals surface area contributed by atoms with Gasteiger partial charge < -0.3 is 25.3 Å². The van der Waals surface area contributed by atoms with Crippen molar-refractivity contribution in [3.05, 3.63) is 22.7 Å². The second-order valence-corrected chi connectivity index (χ2v) is 5.50. The lowest BCUT2D eigenvalue weighted by molar-refractivity contribution is 0.146. The molecular formula is C16H25ClIN3O3. The summed E-state index contributed by atoms with van der Waals surface area (Å²) in [5, 5.41) is 3.67. The van der Waals surface area contributed by atoms with Crippen molar-refractivity contribution in [2.24, 2.45) is 10.7 Å². The Hall–Kier alpha value is -0.930. The summed E-state index contributed by atoms with van der Waals surface area (Å²) in [4.78, 5) is 4.25. The molecule has 0 bridgehead atoms. The topological polar surface area (TPSA) is 78.1 Å². The highest BCUT2D eigenvalue weighted by Gasteiger charge is 2.16. The van der Waals surface area contributed by atoms with Crippen molar-refractivity contribution in [3.8, 4) is 11.5 Å². The lowest BCUT2D eigenvalue weighted by Crippen LogP contribution is -2.33. The normalized spacial score (nSPS) is 13.3. The second kappa shape index (κ2) is 11.6. The van der Waals surface area contributed by atoms with Crippen LogP contribution in [0, 0.1) is 0 Å². The zero-order valence-electron chi connectivity index (χ0n) is 13.8. The quantitative estimate of drug-likeness (QED) is 0.265. The van der Waals surface area contributed by atoms with Gasteiger partial charge in [-0.1, -0.05) is 11.6 Å². The first-order valence-corrected chi connectivity index (χ1v) is 8.28. The van der Waals surface area contributed by atoms with Gasteiger partial charge in [-0.05, 0) is 37.5 Å². The van der Waals surface area contributed by atoms with Gasteiger partial charge in [-0.15, -0.1) is 24.0 Å². The molecule has 0 amide bonds. The average molecular weight is 470 g/mol. The molecule has 8 heteroatoms. The average Bonchev–Trinajstić information content (AvgIpc) is 2.55. The van der Waals surface area contributed by atoms with Crippen molar-refractivity contribution < 1.29 is 14.2 Å². The molecule has 0 saturated carbocycles. The molecule has 0 fully saturated rings. The van der Waals surface area contributed by atoms with Crippen LogP contribution in [0.3, 0.4) is 0 Å². The Kier molecular flexibility index (Phi) is 10.2. The number of halogens is 2. The fourth-order valence-corrected chi connectivity index (χ4v) is 2.50. The zero-order valence-corrected chi connectivity index (χ0v) is 16.9. The van der Waals surface area contributed by atoms with Crippen LogP contribution in [-0.2, 0) is 11.2 Å². The molecule has 1 aromatic carbocycles. The summed E-state index contributed by atoms with van der Waals surface area (Å²) in [5.74, 6) is 1.78. The fourth-order valence-electron chi connectivity index (χ4n) is 2.21. The Morgan fingerprint density at radius 1 is 1.38 bits per heavy atom.